The summed E-state index contributed by atoms with van der Waals surface area (Å²) in [6.45, 7) is 5.37. The van der Waals surface area contributed by atoms with Crippen LogP contribution in [-0.4, -0.2) is 60.9 Å². The van der Waals surface area contributed by atoms with Gasteiger partial charge in [-0.3, -0.25) is 19.4 Å². The summed E-state index contributed by atoms with van der Waals surface area (Å²) >= 11 is 0. The highest BCUT2D eigenvalue weighted by atomic mass is 16.2. The van der Waals surface area contributed by atoms with Crippen LogP contribution in [0.3, 0.4) is 0 Å². The molecule has 176 valence electrons. The van der Waals surface area contributed by atoms with Gasteiger partial charge in [0.15, 0.2) is 0 Å². The molecule has 4 rings (SSSR count). The van der Waals surface area contributed by atoms with Crippen molar-refractivity contribution in [2.75, 3.05) is 44.6 Å². The Morgan fingerprint density at radius 1 is 0.706 bits per heavy atom. The van der Waals surface area contributed by atoms with E-state index in [0.717, 1.165) is 39.1 Å². The zero-order valence-electron chi connectivity index (χ0n) is 19.5. The lowest BCUT2D eigenvalue weighted by Crippen LogP contribution is -2.48. The van der Waals surface area contributed by atoms with Crippen molar-refractivity contribution in [3.05, 3.63) is 102 Å². The molecule has 0 radical (unpaired) electrons. The van der Waals surface area contributed by atoms with Crippen molar-refractivity contribution in [3.63, 3.8) is 0 Å². The van der Waals surface area contributed by atoms with E-state index in [1.807, 2.05) is 48.5 Å². The molecule has 0 saturated carbocycles. The Bertz CT molecular complexity index is 1060. The van der Waals surface area contributed by atoms with Crippen molar-refractivity contribution >= 4 is 17.5 Å². The first-order valence-electron chi connectivity index (χ1n) is 11.9. The molecule has 1 heterocycles. The summed E-state index contributed by atoms with van der Waals surface area (Å²) in [4.78, 5) is 30.0. The maximum Gasteiger partial charge on any atom is 0.253 e. The fourth-order valence-electron chi connectivity index (χ4n) is 4.19. The molecule has 3 aromatic carbocycles. The van der Waals surface area contributed by atoms with E-state index < -0.39 is 0 Å². The molecule has 2 amide bonds. The SMILES string of the molecule is O=C(CN1CCN(Cc2ccccc2)CC1)Nc1ccccc1C(=O)NCCc1ccccc1. The lowest BCUT2D eigenvalue weighted by Gasteiger charge is -2.34. The van der Waals surface area contributed by atoms with Crippen LogP contribution in [0.4, 0.5) is 5.69 Å². The Balaban J connectivity index is 1.24. The van der Waals surface area contributed by atoms with Crippen LogP contribution in [0, 0.1) is 0 Å². The molecule has 6 heteroatoms. The molecule has 0 atom stereocenters. The first-order chi connectivity index (χ1) is 16.7. The largest absolute Gasteiger partial charge is 0.352 e. The minimum absolute atomic E-state index is 0.0963. The lowest BCUT2D eigenvalue weighted by molar-refractivity contribution is -0.117. The minimum Gasteiger partial charge on any atom is -0.352 e. The third-order valence-corrected chi connectivity index (χ3v) is 6.07. The molecule has 0 aliphatic carbocycles. The van der Waals surface area contributed by atoms with Gasteiger partial charge in [-0.2, -0.15) is 0 Å². The molecule has 1 fully saturated rings. The number of nitrogens with one attached hydrogen (secondary N) is 2. The van der Waals surface area contributed by atoms with Gasteiger partial charge in [0.2, 0.25) is 5.91 Å². The molecule has 0 aromatic heterocycles. The predicted molar refractivity (Wildman–Crippen MR) is 136 cm³/mol. The van der Waals surface area contributed by atoms with E-state index in [-0.39, 0.29) is 11.8 Å². The van der Waals surface area contributed by atoms with Crippen LogP contribution >= 0.6 is 0 Å². The Hall–Kier alpha value is -3.48. The molecule has 2 N–H and O–H groups in total. The van der Waals surface area contributed by atoms with Gasteiger partial charge in [0.1, 0.15) is 0 Å². The van der Waals surface area contributed by atoms with Gasteiger partial charge in [0.05, 0.1) is 17.8 Å². The van der Waals surface area contributed by atoms with E-state index in [4.69, 9.17) is 0 Å². The molecule has 3 aromatic rings. The van der Waals surface area contributed by atoms with Crippen LogP contribution < -0.4 is 10.6 Å². The average Bonchev–Trinajstić information content (AvgIpc) is 2.87. The molecular weight excluding hydrogens is 424 g/mol. The number of carbonyl (C=O) groups is 2. The highest BCUT2D eigenvalue weighted by Gasteiger charge is 2.20. The van der Waals surface area contributed by atoms with Crippen molar-refractivity contribution < 1.29 is 9.59 Å². The maximum atomic E-state index is 12.7. The molecule has 1 saturated heterocycles. The Morgan fingerprint density at radius 2 is 1.29 bits per heavy atom. The molecule has 34 heavy (non-hydrogen) atoms. The van der Waals surface area contributed by atoms with Gasteiger partial charge in [-0.25, -0.2) is 0 Å². The summed E-state index contributed by atoms with van der Waals surface area (Å²) in [6, 6.07) is 27.7. The summed E-state index contributed by atoms with van der Waals surface area (Å²) in [5.41, 5.74) is 3.52. The molecule has 6 nitrogen and oxygen atoms in total. The van der Waals surface area contributed by atoms with Gasteiger partial charge < -0.3 is 10.6 Å². The summed E-state index contributed by atoms with van der Waals surface area (Å²) in [5, 5.41) is 5.90. The second kappa shape index (κ2) is 12.1. The third kappa shape index (κ3) is 7.01. The molecule has 0 unspecified atom stereocenters. The topological polar surface area (TPSA) is 64.7 Å². The minimum atomic E-state index is -0.179. The number of hydrogen-bond acceptors (Lipinski definition) is 4. The highest BCUT2D eigenvalue weighted by Crippen LogP contribution is 2.15. The number of benzene rings is 3. The van der Waals surface area contributed by atoms with Gasteiger partial charge in [0.25, 0.3) is 5.91 Å². The second-order valence-electron chi connectivity index (χ2n) is 8.62. The van der Waals surface area contributed by atoms with Gasteiger partial charge in [0, 0.05) is 39.3 Å². The smallest absolute Gasteiger partial charge is 0.253 e. The van der Waals surface area contributed by atoms with Crippen molar-refractivity contribution in [2.24, 2.45) is 0 Å². The summed E-state index contributed by atoms with van der Waals surface area (Å²) < 4.78 is 0. The lowest BCUT2D eigenvalue weighted by atomic mass is 10.1. The molecule has 0 bridgehead atoms. The number of piperazine rings is 1. The monoisotopic (exact) mass is 456 g/mol. The van der Waals surface area contributed by atoms with E-state index in [2.05, 4.69) is 44.7 Å². The fourth-order valence-corrected chi connectivity index (χ4v) is 4.19. The van der Waals surface area contributed by atoms with Gasteiger partial charge in [-0.15, -0.1) is 0 Å². The van der Waals surface area contributed by atoms with Crippen LogP contribution in [-0.2, 0) is 17.8 Å². The molecule has 0 spiro atoms. The first kappa shape index (κ1) is 23.7. The third-order valence-electron chi connectivity index (χ3n) is 6.07. The van der Waals surface area contributed by atoms with Crippen LogP contribution in [0.2, 0.25) is 0 Å². The van der Waals surface area contributed by atoms with E-state index in [9.17, 15) is 9.59 Å². The summed E-state index contributed by atoms with van der Waals surface area (Å²) in [5.74, 6) is -0.276. The number of carbonyl (C=O) groups excluding carboxylic acids is 2. The van der Waals surface area contributed by atoms with Gasteiger partial charge in [-0.1, -0.05) is 72.8 Å². The van der Waals surface area contributed by atoms with E-state index in [1.54, 1.807) is 12.1 Å². The number of rotatable bonds is 9. The number of para-hydroxylation sites is 1. The van der Waals surface area contributed by atoms with E-state index in [1.165, 1.54) is 11.1 Å². The maximum absolute atomic E-state index is 12.7. The number of hydrogen-bond donors (Lipinski definition) is 2. The van der Waals surface area contributed by atoms with E-state index >= 15 is 0 Å². The summed E-state index contributed by atoms with van der Waals surface area (Å²) in [7, 11) is 0. The standard InChI is InChI=1S/C28H32N4O2/c33-27(22-32-19-17-31(18-20-32)21-24-11-5-2-6-12-24)30-26-14-8-7-13-25(26)28(34)29-16-15-23-9-3-1-4-10-23/h1-14H,15-22H2,(H,29,34)(H,30,33). The van der Waals surface area contributed by atoms with Crippen LogP contribution in [0.5, 0.6) is 0 Å². The zero-order chi connectivity index (χ0) is 23.6. The van der Waals surface area contributed by atoms with Crippen LogP contribution in [0.25, 0.3) is 0 Å². The number of nitrogens with zero attached hydrogens (tertiary/aromatic N) is 2. The predicted octanol–water partition coefficient (Wildman–Crippen LogP) is 3.42. The number of amides is 2. The summed E-state index contributed by atoms with van der Waals surface area (Å²) in [6.07, 6.45) is 0.761. The second-order valence-corrected chi connectivity index (χ2v) is 8.62. The van der Waals surface area contributed by atoms with Crippen molar-refractivity contribution in [1.82, 2.24) is 15.1 Å². The quantitative estimate of drug-likeness (QED) is 0.518. The van der Waals surface area contributed by atoms with Crippen molar-refractivity contribution in [2.45, 2.75) is 13.0 Å². The van der Waals surface area contributed by atoms with E-state index in [0.29, 0.717) is 24.3 Å². The van der Waals surface area contributed by atoms with Crippen molar-refractivity contribution in [3.8, 4) is 0 Å². The fraction of sp³-hybridized carbons (Fsp3) is 0.286. The Morgan fingerprint density at radius 3 is 2.00 bits per heavy atom. The molecule has 1 aliphatic rings. The van der Waals surface area contributed by atoms with Crippen LogP contribution in [0.1, 0.15) is 21.5 Å². The normalized spacial score (nSPS) is 14.5. The van der Waals surface area contributed by atoms with Gasteiger partial charge in [-0.05, 0) is 29.7 Å². The Kier molecular flexibility index (Phi) is 8.43. The highest BCUT2D eigenvalue weighted by molar-refractivity contribution is 6.04. The Labute approximate surface area is 201 Å². The first-order valence-corrected chi connectivity index (χ1v) is 11.9. The molecule has 1 aliphatic heterocycles. The molecular formula is C28H32N4O2. The zero-order valence-corrected chi connectivity index (χ0v) is 19.5. The number of anilines is 1. The van der Waals surface area contributed by atoms with Gasteiger partial charge >= 0.3 is 0 Å². The van der Waals surface area contributed by atoms with Crippen LogP contribution in [0.15, 0.2) is 84.9 Å². The average molecular weight is 457 g/mol. The van der Waals surface area contributed by atoms with Crippen molar-refractivity contribution in [1.29, 1.82) is 0 Å².